The number of nitrogens with one attached hydrogen (secondary N) is 1. The normalized spacial score (nSPS) is 11.0. The number of rotatable bonds is 7. The van der Waals surface area contributed by atoms with Crippen LogP contribution >= 0.6 is 22.6 Å². The minimum absolute atomic E-state index is 0.0832. The van der Waals surface area contributed by atoms with Crippen molar-refractivity contribution in [3.8, 4) is 11.4 Å². The first-order valence-electron chi connectivity index (χ1n) is 9.47. The first-order chi connectivity index (χ1) is 14.0. The third-order valence-corrected chi connectivity index (χ3v) is 5.55. The van der Waals surface area contributed by atoms with E-state index in [1.165, 1.54) is 5.56 Å². The summed E-state index contributed by atoms with van der Waals surface area (Å²) in [6.07, 6.45) is 2.69. The zero-order valence-corrected chi connectivity index (χ0v) is 18.9. The van der Waals surface area contributed by atoms with E-state index in [0.717, 1.165) is 32.6 Å². The van der Waals surface area contributed by atoms with Crippen molar-refractivity contribution in [3.05, 3.63) is 80.7 Å². The summed E-state index contributed by atoms with van der Waals surface area (Å²) < 4.78 is 8.67. The van der Waals surface area contributed by atoms with Gasteiger partial charge in [-0.15, -0.1) is 0 Å². The lowest BCUT2D eigenvalue weighted by molar-refractivity contribution is -0.123. The third-order valence-electron chi connectivity index (χ3n) is 4.66. The van der Waals surface area contributed by atoms with Gasteiger partial charge in [-0.3, -0.25) is 4.79 Å². The smallest absolute Gasteiger partial charge is 0.277 e. The van der Waals surface area contributed by atoms with E-state index in [0.29, 0.717) is 5.75 Å². The molecule has 0 bridgehead atoms. The number of carbonyl (C=O) groups is 1. The van der Waals surface area contributed by atoms with E-state index < -0.39 is 0 Å². The zero-order chi connectivity index (χ0) is 20.8. The van der Waals surface area contributed by atoms with Gasteiger partial charge in [-0.2, -0.15) is 5.10 Å². The van der Waals surface area contributed by atoms with Crippen LogP contribution in [0.15, 0.2) is 59.7 Å². The molecule has 5 nitrogen and oxygen atoms in total. The average molecular weight is 501 g/mol. The number of benzene rings is 2. The van der Waals surface area contributed by atoms with Crippen LogP contribution in [0.4, 0.5) is 0 Å². The fourth-order valence-corrected chi connectivity index (χ4v) is 3.65. The van der Waals surface area contributed by atoms with Crippen molar-refractivity contribution in [1.82, 2.24) is 9.99 Å². The number of aryl methyl sites for hydroxylation is 2. The summed E-state index contributed by atoms with van der Waals surface area (Å²) in [6.45, 7) is 6.17. The molecule has 0 saturated heterocycles. The van der Waals surface area contributed by atoms with Gasteiger partial charge in [0.1, 0.15) is 5.75 Å². The predicted octanol–water partition coefficient (Wildman–Crippen LogP) is 4.79. The molecule has 29 heavy (non-hydrogen) atoms. The second-order valence-corrected chi connectivity index (χ2v) is 7.86. The SMILES string of the molecule is CCc1ccc(-n2c(C)cc(/C=N/NC(=O)COc3ccccc3I)c2C)cc1. The highest BCUT2D eigenvalue weighted by atomic mass is 127. The number of amides is 1. The van der Waals surface area contributed by atoms with Gasteiger partial charge in [0.25, 0.3) is 5.91 Å². The Balaban J connectivity index is 1.63. The van der Waals surface area contributed by atoms with Gasteiger partial charge in [-0.1, -0.05) is 31.2 Å². The molecule has 2 aromatic carbocycles. The van der Waals surface area contributed by atoms with Crippen LogP contribution in [-0.2, 0) is 11.2 Å². The minimum Gasteiger partial charge on any atom is -0.483 e. The van der Waals surface area contributed by atoms with Crippen LogP contribution in [0.25, 0.3) is 5.69 Å². The number of hydrogen-bond acceptors (Lipinski definition) is 3. The Bertz CT molecular complexity index is 1020. The maximum Gasteiger partial charge on any atom is 0.277 e. The van der Waals surface area contributed by atoms with Gasteiger partial charge in [0.2, 0.25) is 0 Å². The fourth-order valence-electron chi connectivity index (χ4n) is 3.11. The number of hydrogen-bond donors (Lipinski definition) is 1. The Morgan fingerprint density at radius 2 is 1.90 bits per heavy atom. The summed E-state index contributed by atoms with van der Waals surface area (Å²) >= 11 is 2.17. The molecule has 1 N–H and O–H groups in total. The number of ether oxygens (including phenoxy) is 1. The largest absolute Gasteiger partial charge is 0.483 e. The molecule has 6 heteroatoms. The molecule has 0 aliphatic heterocycles. The molecule has 0 fully saturated rings. The van der Waals surface area contributed by atoms with E-state index >= 15 is 0 Å². The summed E-state index contributed by atoms with van der Waals surface area (Å²) in [5.74, 6) is 0.384. The number of para-hydroxylation sites is 1. The van der Waals surface area contributed by atoms with Crippen molar-refractivity contribution >= 4 is 34.7 Å². The Morgan fingerprint density at radius 3 is 2.59 bits per heavy atom. The summed E-state index contributed by atoms with van der Waals surface area (Å²) in [5.41, 5.74) is 8.10. The van der Waals surface area contributed by atoms with Crippen LogP contribution in [0.5, 0.6) is 5.75 Å². The van der Waals surface area contributed by atoms with Crippen molar-refractivity contribution in [3.63, 3.8) is 0 Å². The van der Waals surface area contributed by atoms with E-state index in [1.54, 1.807) is 6.21 Å². The van der Waals surface area contributed by atoms with Gasteiger partial charge in [0.05, 0.1) is 9.78 Å². The number of carbonyl (C=O) groups excluding carboxylic acids is 1. The Labute approximate surface area is 184 Å². The van der Waals surface area contributed by atoms with Crippen LogP contribution < -0.4 is 10.2 Å². The number of aromatic nitrogens is 1. The minimum atomic E-state index is -0.301. The lowest BCUT2D eigenvalue weighted by Crippen LogP contribution is -2.24. The van der Waals surface area contributed by atoms with Crippen LogP contribution in [0.1, 0.15) is 29.4 Å². The molecular formula is C23H24IN3O2. The molecule has 0 unspecified atom stereocenters. The van der Waals surface area contributed by atoms with Gasteiger partial charge in [0.15, 0.2) is 6.61 Å². The monoisotopic (exact) mass is 501 g/mol. The van der Waals surface area contributed by atoms with Crippen molar-refractivity contribution in [1.29, 1.82) is 0 Å². The highest BCUT2D eigenvalue weighted by Crippen LogP contribution is 2.21. The van der Waals surface area contributed by atoms with Gasteiger partial charge < -0.3 is 9.30 Å². The van der Waals surface area contributed by atoms with Gasteiger partial charge in [-0.25, -0.2) is 5.43 Å². The van der Waals surface area contributed by atoms with Gasteiger partial charge >= 0.3 is 0 Å². The number of halogens is 1. The summed E-state index contributed by atoms with van der Waals surface area (Å²) in [5, 5.41) is 4.09. The van der Waals surface area contributed by atoms with Gasteiger partial charge in [-0.05, 0) is 78.8 Å². The van der Waals surface area contributed by atoms with Crippen molar-refractivity contribution in [2.45, 2.75) is 27.2 Å². The molecule has 0 aliphatic carbocycles. The van der Waals surface area contributed by atoms with Crippen molar-refractivity contribution in [2.75, 3.05) is 6.61 Å². The Kier molecular flexibility index (Phi) is 7.09. The van der Waals surface area contributed by atoms with Crippen molar-refractivity contribution < 1.29 is 9.53 Å². The highest BCUT2D eigenvalue weighted by molar-refractivity contribution is 14.1. The summed E-state index contributed by atoms with van der Waals surface area (Å²) in [7, 11) is 0. The number of nitrogens with zero attached hydrogens (tertiary/aromatic N) is 2. The standard InChI is InChI=1S/C23H24IN3O2/c1-4-18-9-11-20(12-10-18)27-16(2)13-19(17(27)3)14-25-26-23(28)15-29-22-8-6-5-7-21(22)24/h5-14H,4,15H2,1-3H3,(H,26,28)/b25-14+. The fraction of sp³-hybridized carbons (Fsp3) is 0.217. The Morgan fingerprint density at radius 1 is 1.17 bits per heavy atom. The van der Waals surface area contributed by atoms with E-state index in [9.17, 15) is 4.79 Å². The molecule has 0 spiro atoms. The molecule has 0 saturated carbocycles. The van der Waals surface area contributed by atoms with Gasteiger partial charge in [0, 0.05) is 22.6 Å². The molecule has 3 aromatic rings. The topological polar surface area (TPSA) is 55.6 Å². The predicted molar refractivity (Wildman–Crippen MR) is 125 cm³/mol. The van der Waals surface area contributed by atoms with E-state index in [2.05, 4.69) is 81.9 Å². The number of hydrazone groups is 1. The van der Waals surface area contributed by atoms with Crippen molar-refractivity contribution in [2.24, 2.45) is 5.10 Å². The second kappa shape index (κ2) is 9.73. The van der Waals surface area contributed by atoms with Crippen LogP contribution in [0.3, 0.4) is 0 Å². The average Bonchev–Trinajstić information content (AvgIpc) is 3.00. The summed E-state index contributed by atoms with van der Waals surface area (Å²) in [4.78, 5) is 12.0. The summed E-state index contributed by atoms with van der Waals surface area (Å²) in [6, 6.07) is 18.2. The maximum absolute atomic E-state index is 12.0. The molecule has 0 aliphatic rings. The molecular weight excluding hydrogens is 477 g/mol. The quantitative estimate of drug-likeness (QED) is 0.288. The van der Waals surface area contributed by atoms with E-state index in [4.69, 9.17) is 4.74 Å². The lowest BCUT2D eigenvalue weighted by atomic mass is 10.1. The van der Waals surface area contributed by atoms with Crippen LogP contribution in [0, 0.1) is 17.4 Å². The molecule has 1 aromatic heterocycles. The molecule has 150 valence electrons. The molecule has 1 heterocycles. The molecule has 1 amide bonds. The first-order valence-corrected chi connectivity index (χ1v) is 10.5. The first kappa shape index (κ1) is 21.1. The third kappa shape index (κ3) is 5.26. The highest BCUT2D eigenvalue weighted by Gasteiger charge is 2.10. The van der Waals surface area contributed by atoms with Crippen LogP contribution in [0.2, 0.25) is 0 Å². The second-order valence-electron chi connectivity index (χ2n) is 6.69. The Hall–Kier alpha value is -2.61. The van der Waals surface area contributed by atoms with E-state index in [1.807, 2.05) is 31.2 Å². The maximum atomic E-state index is 12.0. The molecule has 3 rings (SSSR count). The molecule has 0 radical (unpaired) electrons. The van der Waals surface area contributed by atoms with E-state index in [-0.39, 0.29) is 12.5 Å². The van der Waals surface area contributed by atoms with Crippen LogP contribution in [-0.4, -0.2) is 23.3 Å². The zero-order valence-electron chi connectivity index (χ0n) is 16.8. The molecule has 0 atom stereocenters. The lowest BCUT2D eigenvalue weighted by Gasteiger charge is -2.10.